The zero-order valence-corrected chi connectivity index (χ0v) is 25.5. The van der Waals surface area contributed by atoms with Crippen molar-refractivity contribution in [1.29, 1.82) is 0 Å². The smallest absolute Gasteiger partial charge is 0.215 e. The van der Waals surface area contributed by atoms with Crippen LogP contribution in [0.2, 0.25) is 0 Å². The van der Waals surface area contributed by atoms with Crippen LogP contribution in [0.15, 0.2) is 91.0 Å². The van der Waals surface area contributed by atoms with Crippen LogP contribution in [0.25, 0.3) is 38.4 Å². The Morgan fingerprint density at radius 2 is 1.33 bits per heavy atom. The third-order valence-electron chi connectivity index (χ3n) is 10.1. The van der Waals surface area contributed by atoms with Crippen molar-refractivity contribution in [3.05, 3.63) is 118 Å². The molecule has 6 aromatic rings. The SMILES string of the molecule is C[N+]1=c2c(c3c(c4ccccc24)=Cc2c(c4c(c5cc6ccccc6cc25)N(c2ccccc2)CC4(C)C)O3)C(C)(C)C1. The fourth-order valence-electron chi connectivity index (χ4n) is 8.39. The second-order valence-corrected chi connectivity index (χ2v) is 14.0. The molecular formula is C40H35N2O+. The van der Waals surface area contributed by atoms with Crippen molar-refractivity contribution in [3.63, 3.8) is 0 Å². The lowest BCUT2D eigenvalue weighted by atomic mass is 9.80. The Kier molecular flexibility index (Phi) is 4.79. The van der Waals surface area contributed by atoms with E-state index in [0.29, 0.717) is 0 Å². The van der Waals surface area contributed by atoms with Gasteiger partial charge >= 0.3 is 0 Å². The second-order valence-electron chi connectivity index (χ2n) is 14.0. The predicted molar refractivity (Wildman–Crippen MR) is 180 cm³/mol. The minimum Gasteiger partial charge on any atom is -0.455 e. The van der Waals surface area contributed by atoms with Gasteiger partial charge in [-0.2, -0.15) is 0 Å². The topological polar surface area (TPSA) is 15.5 Å². The molecule has 0 aliphatic carbocycles. The standard InChI is InChI=1S/C40H35N2O/c1-39(2)22-41(5)35-28-18-12-11-17-27(28)31-21-32-29-19-24-13-9-10-14-25(24)20-30(29)36-34(38(32)43-37(31)33(35)39)40(3,4)23-42(36)26-15-7-6-8-16-26/h6-21H,22-23H2,1-5H3/q+1. The molecule has 0 bridgehead atoms. The molecular weight excluding hydrogens is 524 g/mol. The second kappa shape index (κ2) is 8.26. The van der Waals surface area contributed by atoms with Gasteiger partial charge in [0.05, 0.1) is 22.1 Å². The number of nitrogens with zero attached hydrogens (tertiary/aromatic N) is 2. The number of hydrogen-bond donors (Lipinski definition) is 0. The van der Waals surface area contributed by atoms with Crippen LogP contribution in [0.4, 0.5) is 11.4 Å². The van der Waals surface area contributed by atoms with Crippen molar-refractivity contribution >= 4 is 49.8 Å². The number of fused-ring (bicyclic) bond motifs is 13. The molecule has 0 fully saturated rings. The van der Waals surface area contributed by atoms with Gasteiger partial charge < -0.3 is 9.64 Å². The minimum absolute atomic E-state index is 0.0364. The Bertz CT molecular complexity index is 2330. The van der Waals surface area contributed by atoms with Gasteiger partial charge in [0.25, 0.3) is 0 Å². The van der Waals surface area contributed by atoms with Crippen LogP contribution in [-0.2, 0) is 10.8 Å². The van der Waals surface area contributed by atoms with Crippen molar-refractivity contribution in [2.45, 2.75) is 38.5 Å². The third kappa shape index (κ3) is 3.28. The molecule has 0 amide bonds. The number of para-hydroxylation sites is 1. The van der Waals surface area contributed by atoms with Crippen molar-refractivity contribution in [3.8, 4) is 11.5 Å². The van der Waals surface area contributed by atoms with Crippen LogP contribution in [0.5, 0.6) is 11.5 Å². The molecule has 0 spiro atoms. The molecule has 6 aromatic carbocycles. The predicted octanol–water partition coefficient (Wildman–Crippen LogP) is 7.92. The van der Waals surface area contributed by atoms with E-state index in [4.69, 9.17) is 4.74 Å². The lowest BCUT2D eigenvalue weighted by Crippen LogP contribution is -2.29. The normalized spacial score (nSPS) is 17.4. The average Bonchev–Trinajstić information content (AvgIpc) is 3.44. The third-order valence-corrected chi connectivity index (χ3v) is 10.1. The summed E-state index contributed by atoms with van der Waals surface area (Å²) in [5.74, 6) is 2.06. The van der Waals surface area contributed by atoms with Crippen LogP contribution >= 0.6 is 0 Å². The average molecular weight is 560 g/mol. The van der Waals surface area contributed by atoms with Gasteiger partial charge in [-0.05, 0) is 71.8 Å². The van der Waals surface area contributed by atoms with Gasteiger partial charge in [0.2, 0.25) is 5.36 Å². The number of likely N-dealkylation sites (N-methyl/N-ethyl adjacent to an activating group) is 1. The van der Waals surface area contributed by atoms with E-state index in [-0.39, 0.29) is 10.8 Å². The fraction of sp³-hybridized carbons (Fsp3) is 0.225. The van der Waals surface area contributed by atoms with Gasteiger partial charge in [-0.25, -0.2) is 4.58 Å². The van der Waals surface area contributed by atoms with Gasteiger partial charge in [0.1, 0.15) is 18.5 Å². The van der Waals surface area contributed by atoms with Gasteiger partial charge in [-0.3, -0.25) is 0 Å². The highest BCUT2D eigenvalue weighted by molar-refractivity contribution is 6.12. The summed E-state index contributed by atoms with van der Waals surface area (Å²) in [7, 11) is 2.23. The molecule has 3 nitrogen and oxygen atoms in total. The summed E-state index contributed by atoms with van der Waals surface area (Å²) in [5.41, 5.74) is 6.18. The molecule has 0 aromatic heterocycles. The molecule has 0 atom stereocenters. The Hall–Kier alpha value is -4.63. The quantitative estimate of drug-likeness (QED) is 0.150. The zero-order chi connectivity index (χ0) is 29.2. The van der Waals surface area contributed by atoms with E-state index >= 15 is 0 Å². The van der Waals surface area contributed by atoms with Crippen LogP contribution in [0.1, 0.15) is 44.4 Å². The van der Waals surface area contributed by atoms with E-state index < -0.39 is 0 Å². The number of benzene rings is 6. The summed E-state index contributed by atoms with van der Waals surface area (Å²) in [6.45, 7) is 11.3. The maximum absolute atomic E-state index is 7.41. The fourth-order valence-corrected chi connectivity index (χ4v) is 8.39. The monoisotopic (exact) mass is 559 g/mol. The van der Waals surface area contributed by atoms with E-state index in [1.807, 2.05) is 0 Å². The lowest BCUT2D eigenvalue weighted by molar-refractivity contribution is 0.426. The van der Waals surface area contributed by atoms with Crippen LogP contribution < -0.4 is 24.8 Å². The highest BCUT2D eigenvalue weighted by Gasteiger charge is 2.45. The Labute approximate surface area is 252 Å². The number of ether oxygens (including phenoxy) is 1. The zero-order valence-electron chi connectivity index (χ0n) is 25.5. The lowest BCUT2D eigenvalue weighted by Gasteiger charge is -2.28. The first kappa shape index (κ1) is 24.9. The van der Waals surface area contributed by atoms with Crippen molar-refractivity contribution in [2.24, 2.45) is 0 Å². The first-order chi connectivity index (χ1) is 20.7. The van der Waals surface area contributed by atoms with Crippen LogP contribution in [0, 0.1) is 0 Å². The van der Waals surface area contributed by atoms with E-state index in [2.05, 4.69) is 141 Å². The van der Waals surface area contributed by atoms with Crippen molar-refractivity contribution in [1.82, 2.24) is 4.58 Å². The Morgan fingerprint density at radius 3 is 2.07 bits per heavy atom. The molecule has 43 heavy (non-hydrogen) atoms. The highest BCUT2D eigenvalue weighted by atomic mass is 16.5. The molecule has 3 heteroatoms. The summed E-state index contributed by atoms with van der Waals surface area (Å²) >= 11 is 0. The Balaban J connectivity index is 1.49. The minimum atomic E-state index is -0.118. The van der Waals surface area contributed by atoms with Gasteiger partial charge in [0, 0.05) is 39.4 Å². The molecule has 3 heterocycles. The summed E-state index contributed by atoms with van der Waals surface area (Å²) < 4.78 is 9.84. The summed E-state index contributed by atoms with van der Waals surface area (Å²) in [6.07, 6.45) is 2.45. The maximum atomic E-state index is 7.41. The molecule has 0 unspecified atom stereocenters. The molecule has 0 radical (unpaired) electrons. The summed E-state index contributed by atoms with van der Waals surface area (Å²) in [5, 5.41) is 10.1. The molecule has 210 valence electrons. The van der Waals surface area contributed by atoms with Crippen LogP contribution in [-0.4, -0.2) is 20.1 Å². The largest absolute Gasteiger partial charge is 0.455 e. The molecule has 0 saturated carbocycles. The summed E-state index contributed by atoms with van der Waals surface area (Å²) in [6, 6.07) is 33.3. The van der Waals surface area contributed by atoms with Gasteiger partial charge in [-0.1, -0.05) is 74.5 Å². The van der Waals surface area contributed by atoms with Gasteiger partial charge in [-0.15, -0.1) is 0 Å². The van der Waals surface area contributed by atoms with Crippen LogP contribution in [0.3, 0.4) is 0 Å². The first-order valence-corrected chi connectivity index (χ1v) is 15.4. The van der Waals surface area contributed by atoms with E-state index in [1.165, 1.54) is 71.0 Å². The number of hydrogen-bond acceptors (Lipinski definition) is 2. The number of anilines is 2. The van der Waals surface area contributed by atoms with Crippen molar-refractivity contribution in [2.75, 3.05) is 25.0 Å². The van der Waals surface area contributed by atoms with E-state index in [0.717, 1.165) is 24.6 Å². The molecule has 0 saturated heterocycles. The summed E-state index contributed by atoms with van der Waals surface area (Å²) in [4.78, 5) is 2.52. The maximum Gasteiger partial charge on any atom is 0.215 e. The highest BCUT2D eigenvalue weighted by Crippen LogP contribution is 2.56. The number of rotatable bonds is 1. The molecule has 0 N–H and O–H groups in total. The Morgan fingerprint density at radius 1 is 0.674 bits per heavy atom. The molecule has 9 rings (SSSR count). The molecule has 3 aliphatic heterocycles. The molecule has 3 aliphatic rings. The van der Waals surface area contributed by atoms with Crippen molar-refractivity contribution < 1.29 is 4.74 Å². The van der Waals surface area contributed by atoms with Gasteiger partial charge in [0.15, 0.2) is 6.54 Å². The first-order valence-electron chi connectivity index (χ1n) is 15.4. The van der Waals surface area contributed by atoms with E-state index in [1.54, 1.807) is 0 Å². The van der Waals surface area contributed by atoms with E-state index in [9.17, 15) is 0 Å².